The van der Waals surface area contributed by atoms with Crippen molar-refractivity contribution < 1.29 is 0 Å². The summed E-state index contributed by atoms with van der Waals surface area (Å²) >= 11 is 0. The summed E-state index contributed by atoms with van der Waals surface area (Å²) in [5.74, 6) is 2.50. The average molecular weight is 381 g/mol. The van der Waals surface area contributed by atoms with Gasteiger partial charge in [-0.05, 0) is 57.3 Å². The van der Waals surface area contributed by atoms with E-state index in [2.05, 4.69) is 51.1 Å². The highest BCUT2D eigenvalue weighted by Crippen LogP contribution is 2.15. The lowest BCUT2D eigenvalue weighted by atomic mass is 9.99. The topological polar surface area (TPSA) is 46.1 Å². The molecule has 0 aromatic rings. The third kappa shape index (κ3) is 8.79. The average Bonchev–Trinajstić information content (AvgIpc) is 2.69. The summed E-state index contributed by atoms with van der Waals surface area (Å²) in [6.45, 7) is 19.9. The molecule has 0 bridgehead atoms. The van der Waals surface area contributed by atoms with Crippen LogP contribution in [0.3, 0.4) is 0 Å². The van der Waals surface area contributed by atoms with E-state index < -0.39 is 0 Å². The van der Waals surface area contributed by atoms with Gasteiger partial charge in [0, 0.05) is 52.9 Å². The third-order valence-corrected chi connectivity index (χ3v) is 6.14. The minimum absolute atomic E-state index is 0.632. The van der Waals surface area contributed by atoms with Gasteiger partial charge < -0.3 is 25.3 Å². The van der Waals surface area contributed by atoms with E-state index in [4.69, 9.17) is 0 Å². The first-order valence-corrected chi connectivity index (χ1v) is 11.2. The molecule has 1 atom stereocenters. The molecular formula is C21H44N6. The number of hydrogen-bond acceptors (Lipinski definition) is 4. The summed E-state index contributed by atoms with van der Waals surface area (Å²) in [7, 11) is 1.87. The van der Waals surface area contributed by atoms with Crippen LogP contribution in [0.25, 0.3) is 0 Å². The molecule has 2 N–H and O–H groups in total. The molecule has 2 aliphatic heterocycles. The van der Waals surface area contributed by atoms with Gasteiger partial charge in [-0.25, -0.2) is 0 Å². The summed E-state index contributed by atoms with van der Waals surface area (Å²) in [5.41, 5.74) is 0. The number of aliphatic imine (C=N–C) groups is 1. The van der Waals surface area contributed by atoms with Crippen molar-refractivity contribution in [3.63, 3.8) is 0 Å². The van der Waals surface area contributed by atoms with Crippen molar-refractivity contribution in [1.82, 2.24) is 25.3 Å². The minimum Gasteiger partial charge on any atom is -0.356 e. The lowest BCUT2D eigenvalue weighted by Crippen LogP contribution is -2.48. The molecule has 0 radical (unpaired) electrons. The molecule has 158 valence electrons. The number of piperazine rings is 1. The highest BCUT2D eigenvalue weighted by atomic mass is 15.3. The summed E-state index contributed by atoms with van der Waals surface area (Å²) in [4.78, 5) is 12.1. The van der Waals surface area contributed by atoms with E-state index in [-0.39, 0.29) is 0 Å². The van der Waals surface area contributed by atoms with Crippen LogP contribution in [0.1, 0.15) is 40.0 Å². The lowest BCUT2D eigenvalue weighted by molar-refractivity contribution is 0.124. The SMILES string of the molecule is CCN1CCN(CC(C)CNC(=NC)NCCCN2CCC(C)CC2)CC1. The number of guanidine groups is 1. The minimum atomic E-state index is 0.632. The van der Waals surface area contributed by atoms with Crippen LogP contribution in [-0.4, -0.2) is 99.7 Å². The second-order valence-electron chi connectivity index (χ2n) is 8.60. The van der Waals surface area contributed by atoms with Crippen LogP contribution < -0.4 is 10.6 Å². The molecule has 2 rings (SSSR count). The predicted octanol–water partition coefficient (Wildman–Crippen LogP) is 1.55. The Morgan fingerprint density at radius 1 is 1.00 bits per heavy atom. The molecule has 0 aromatic carbocycles. The largest absolute Gasteiger partial charge is 0.356 e. The fourth-order valence-electron chi connectivity index (χ4n) is 4.08. The highest BCUT2D eigenvalue weighted by Gasteiger charge is 2.17. The normalized spacial score (nSPS) is 22.7. The van der Waals surface area contributed by atoms with Gasteiger partial charge in [0.2, 0.25) is 0 Å². The van der Waals surface area contributed by atoms with Crippen LogP contribution in [0.15, 0.2) is 4.99 Å². The van der Waals surface area contributed by atoms with Crippen LogP contribution >= 0.6 is 0 Å². The smallest absolute Gasteiger partial charge is 0.190 e. The number of nitrogens with zero attached hydrogens (tertiary/aromatic N) is 4. The molecule has 0 saturated carbocycles. The van der Waals surface area contributed by atoms with Crippen molar-refractivity contribution in [2.75, 3.05) is 79.0 Å². The second-order valence-corrected chi connectivity index (χ2v) is 8.60. The Balaban J connectivity index is 1.53. The van der Waals surface area contributed by atoms with Crippen LogP contribution in [0.2, 0.25) is 0 Å². The number of nitrogens with one attached hydrogen (secondary N) is 2. The zero-order valence-electron chi connectivity index (χ0n) is 18.3. The maximum atomic E-state index is 4.38. The molecule has 27 heavy (non-hydrogen) atoms. The maximum Gasteiger partial charge on any atom is 0.190 e. The molecule has 1 unspecified atom stereocenters. The van der Waals surface area contributed by atoms with Crippen molar-refractivity contribution in [2.24, 2.45) is 16.8 Å². The molecule has 0 aliphatic carbocycles. The Labute approximate surface area is 167 Å². The predicted molar refractivity (Wildman–Crippen MR) is 117 cm³/mol. The molecule has 6 nitrogen and oxygen atoms in total. The Kier molecular flexibility index (Phi) is 10.5. The highest BCUT2D eigenvalue weighted by molar-refractivity contribution is 5.79. The van der Waals surface area contributed by atoms with E-state index in [0.717, 1.165) is 25.0 Å². The van der Waals surface area contributed by atoms with Crippen molar-refractivity contribution in [1.29, 1.82) is 0 Å². The van der Waals surface area contributed by atoms with Gasteiger partial charge in [0.25, 0.3) is 0 Å². The van der Waals surface area contributed by atoms with Gasteiger partial charge in [0.05, 0.1) is 0 Å². The summed E-state index contributed by atoms with van der Waals surface area (Å²) in [6, 6.07) is 0. The van der Waals surface area contributed by atoms with Crippen LogP contribution in [0, 0.1) is 11.8 Å². The Hall–Kier alpha value is -0.850. The summed E-state index contributed by atoms with van der Waals surface area (Å²) < 4.78 is 0. The summed E-state index contributed by atoms with van der Waals surface area (Å²) in [5, 5.41) is 6.99. The first kappa shape index (κ1) is 22.4. The van der Waals surface area contributed by atoms with Crippen LogP contribution in [0.4, 0.5) is 0 Å². The van der Waals surface area contributed by atoms with E-state index in [1.54, 1.807) is 0 Å². The molecule has 2 heterocycles. The van der Waals surface area contributed by atoms with Crippen molar-refractivity contribution in [3.05, 3.63) is 0 Å². The van der Waals surface area contributed by atoms with Crippen molar-refractivity contribution in [3.8, 4) is 0 Å². The third-order valence-electron chi connectivity index (χ3n) is 6.14. The molecule has 6 heteroatoms. The van der Waals surface area contributed by atoms with Gasteiger partial charge in [0.1, 0.15) is 0 Å². The Bertz CT molecular complexity index is 411. The molecule has 0 aromatic heterocycles. The molecule has 0 amide bonds. The van der Waals surface area contributed by atoms with E-state index in [9.17, 15) is 0 Å². The molecule has 2 fully saturated rings. The lowest BCUT2D eigenvalue weighted by Gasteiger charge is -2.35. The van der Waals surface area contributed by atoms with E-state index >= 15 is 0 Å². The van der Waals surface area contributed by atoms with E-state index in [0.29, 0.717) is 5.92 Å². The number of rotatable bonds is 9. The van der Waals surface area contributed by atoms with Gasteiger partial charge in [-0.1, -0.05) is 20.8 Å². The first-order chi connectivity index (χ1) is 13.1. The van der Waals surface area contributed by atoms with Gasteiger partial charge in [-0.2, -0.15) is 0 Å². The van der Waals surface area contributed by atoms with Gasteiger partial charge in [-0.15, -0.1) is 0 Å². The molecule has 2 saturated heterocycles. The fraction of sp³-hybridized carbons (Fsp3) is 0.952. The number of hydrogen-bond donors (Lipinski definition) is 2. The van der Waals surface area contributed by atoms with Crippen LogP contribution in [0.5, 0.6) is 0 Å². The number of likely N-dealkylation sites (tertiary alicyclic amines) is 1. The quantitative estimate of drug-likeness (QED) is 0.361. The zero-order valence-corrected chi connectivity index (χ0v) is 18.3. The zero-order chi connectivity index (χ0) is 19.5. The standard InChI is InChI=1S/C21H44N6/c1-5-25-13-15-27(16-14-25)18-20(3)17-24-21(22-4)23-9-6-10-26-11-7-19(2)8-12-26/h19-20H,5-18H2,1-4H3,(H2,22,23,24). The molecule has 0 spiro atoms. The Morgan fingerprint density at radius 2 is 1.67 bits per heavy atom. The molecule has 2 aliphatic rings. The number of likely N-dealkylation sites (N-methyl/N-ethyl adjacent to an activating group) is 1. The van der Waals surface area contributed by atoms with Gasteiger partial charge >= 0.3 is 0 Å². The van der Waals surface area contributed by atoms with E-state index in [1.165, 1.54) is 78.2 Å². The fourth-order valence-corrected chi connectivity index (χ4v) is 4.08. The number of piperidine rings is 1. The van der Waals surface area contributed by atoms with Crippen molar-refractivity contribution >= 4 is 5.96 Å². The molecular weight excluding hydrogens is 336 g/mol. The van der Waals surface area contributed by atoms with Crippen LogP contribution in [-0.2, 0) is 0 Å². The van der Waals surface area contributed by atoms with Crippen molar-refractivity contribution in [2.45, 2.75) is 40.0 Å². The van der Waals surface area contributed by atoms with E-state index in [1.807, 2.05) is 7.05 Å². The monoisotopic (exact) mass is 380 g/mol. The maximum absolute atomic E-state index is 4.38. The second kappa shape index (κ2) is 12.6. The first-order valence-electron chi connectivity index (χ1n) is 11.2. The Morgan fingerprint density at radius 3 is 2.30 bits per heavy atom. The summed E-state index contributed by atoms with van der Waals surface area (Å²) in [6.07, 6.45) is 3.91. The van der Waals surface area contributed by atoms with Gasteiger partial charge in [0.15, 0.2) is 5.96 Å². The van der Waals surface area contributed by atoms with Gasteiger partial charge in [-0.3, -0.25) is 4.99 Å².